The summed E-state index contributed by atoms with van der Waals surface area (Å²) >= 11 is 5.98. The number of para-hydroxylation sites is 1. The molecule has 0 N–H and O–H groups in total. The zero-order chi connectivity index (χ0) is 18.4. The molecule has 1 fully saturated rings. The number of rotatable bonds is 3. The van der Waals surface area contributed by atoms with Crippen LogP contribution in [0.15, 0.2) is 48.5 Å². The molecule has 2 aliphatic heterocycles. The number of hydrogen-bond acceptors (Lipinski definition) is 3. The number of benzene rings is 2. The molecule has 138 valence electrons. The van der Waals surface area contributed by atoms with E-state index in [-0.39, 0.29) is 5.41 Å². The molecule has 26 heavy (non-hydrogen) atoms. The van der Waals surface area contributed by atoms with E-state index in [1.807, 2.05) is 30.3 Å². The van der Waals surface area contributed by atoms with Gasteiger partial charge in [-0.3, -0.25) is 4.90 Å². The first-order chi connectivity index (χ1) is 12.3. The predicted molar refractivity (Wildman–Crippen MR) is 106 cm³/mol. The van der Waals surface area contributed by atoms with Gasteiger partial charge in [-0.1, -0.05) is 46.1 Å². The number of sulfonamides is 1. The van der Waals surface area contributed by atoms with E-state index in [4.69, 9.17) is 11.6 Å². The maximum Gasteiger partial charge on any atom is 0.145 e. The average molecular weight is 391 g/mol. The molecule has 1 spiro atoms. The summed E-state index contributed by atoms with van der Waals surface area (Å²) in [4.78, 5) is 2.43. The minimum Gasteiger partial charge on any atom is -0.593 e. The Morgan fingerprint density at radius 3 is 2.62 bits per heavy atom. The van der Waals surface area contributed by atoms with Crippen LogP contribution in [0.3, 0.4) is 0 Å². The topological polar surface area (TPSA) is 46.6 Å². The molecule has 0 aromatic heterocycles. The number of likely N-dealkylation sites (tertiary alicyclic amines) is 1. The zero-order valence-electron chi connectivity index (χ0n) is 14.9. The number of nitrogens with zero attached hydrogens (tertiary/aromatic N) is 2. The van der Waals surface area contributed by atoms with Gasteiger partial charge in [-0.2, -0.15) is 4.31 Å². The van der Waals surface area contributed by atoms with E-state index in [0.29, 0.717) is 6.54 Å². The molecule has 1 saturated heterocycles. The van der Waals surface area contributed by atoms with Crippen LogP contribution in [-0.2, 0) is 27.6 Å². The molecule has 2 atom stereocenters. The zero-order valence-corrected chi connectivity index (χ0v) is 16.4. The predicted octanol–water partition coefficient (Wildman–Crippen LogP) is 3.77. The van der Waals surface area contributed by atoms with Crippen LogP contribution in [0.4, 0.5) is 5.69 Å². The summed E-state index contributed by atoms with van der Waals surface area (Å²) in [5.41, 5.74) is 3.21. The third kappa shape index (κ3) is 3.54. The van der Waals surface area contributed by atoms with Crippen LogP contribution in [0.25, 0.3) is 0 Å². The van der Waals surface area contributed by atoms with Gasteiger partial charge in [-0.15, -0.1) is 0 Å². The Morgan fingerprint density at radius 2 is 1.88 bits per heavy atom. The molecule has 0 saturated carbocycles. The maximum atomic E-state index is 12.4. The molecule has 0 radical (unpaired) electrons. The van der Waals surface area contributed by atoms with E-state index < -0.39 is 10.4 Å². The Balaban J connectivity index is 1.56. The average Bonchev–Trinajstić information content (AvgIpc) is 2.97. The fourth-order valence-corrected chi connectivity index (χ4v) is 5.50. The highest BCUT2D eigenvalue weighted by atomic mass is 35.5. The first-order valence-corrected chi connectivity index (χ1v) is 11.1. The summed E-state index contributed by atoms with van der Waals surface area (Å²) in [6.45, 7) is 3.35. The second-order valence-corrected chi connectivity index (χ2v) is 10.0. The molecule has 2 heterocycles. The van der Waals surface area contributed by atoms with Gasteiger partial charge >= 0.3 is 0 Å². The molecule has 0 aliphatic carbocycles. The van der Waals surface area contributed by atoms with Crippen molar-refractivity contribution in [3.63, 3.8) is 0 Å². The summed E-state index contributed by atoms with van der Waals surface area (Å²) < 4.78 is 26.4. The standard InChI is InChI=1S/C20H23ClN2O2S/c1-26(24,25)23-15-20(12-17-4-2-3-5-19(17)23)10-11-22(14-20)13-16-6-8-18(21)9-7-16/h2-9H,10-15H2,1H3. The van der Waals surface area contributed by atoms with E-state index in [1.54, 1.807) is 4.31 Å². The van der Waals surface area contributed by atoms with Crippen LogP contribution in [0.1, 0.15) is 17.5 Å². The normalized spacial score (nSPS) is 25.3. The summed E-state index contributed by atoms with van der Waals surface area (Å²) in [6, 6.07) is 15.9. The molecule has 6 heteroatoms. The van der Waals surface area contributed by atoms with Gasteiger partial charge in [0.15, 0.2) is 0 Å². The summed E-state index contributed by atoms with van der Waals surface area (Å²) in [5.74, 6) is 0. The Bertz CT molecular complexity index is 851. The van der Waals surface area contributed by atoms with E-state index in [1.165, 1.54) is 11.8 Å². The third-order valence-electron chi connectivity index (χ3n) is 5.54. The molecule has 2 aliphatic rings. The SMILES string of the molecule is C[S+](=O)([O-])N1CC2(CCN(Cc3ccc(Cl)cc3)C2)Cc2ccccc21. The molecule has 0 amide bonds. The van der Waals surface area contributed by atoms with Gasteiger partial charge in [0.05, 0.1) is 12.2 Å². The second-order valence-electron chi connectivity index (χ2n) is 7.66. The van der Waals surface area contributed by atoms with Crippen LogP contribution in [-0.4, -0.2) is 35.3 Å². The van der Waals surface area contributed by atoms with Gasteiger partial charge in [-0.05, 0) is 48.7 Å². The van der Waals surface area contributed by atoms with Crippen LogP contribution in [0.5, 0.6) is 0 Å². The number of fused-ring (bicyclic) bond motifs is 1. The quantitative estimate of drug-likeness (QED) is 0.749. The summed E-state index contributed by atoms with van der Waals surface area (Å²) in [7, 11) is -3.28. The van der Waals surface area contributed by atoms with Crippen LogP contribution in [0, 0.1) is 5.41 Å². The highest BCUT2D eigenvalue weighted by Crippen LogP contribution is 2.44. The van der Waals surface area contributed by atoms with Crippen molar-refractivity contribution in [2.24, 2.45) is 5.41 Å². The lowest BCUT2D eigenvalue weighted by Crippen LogP contribution is -2.49. The van der Waals surface area contributed by atoms with E-state index in [0.717, 1.165) is 48.7 Å². The smallest absolute Gasteiger partial charge is 0.145 e. The second kappa shape index (κ2) is 6.64. The van der Waals surface area contributed by atoms with Gasteiger partial charge in [0.2, 0.25) is 0 Å². The van der Waals surface area contributed by atoms with Crippen molar-refractivity contribution in [1.82, 2.24) is 4.90 Å². The van der Waals surface area contributed by atoms with Crippen molar-refractivity contribution in [2.45, 2.75) is 19.4 Å². The van der Waals surface area contributed by atoms with Gasteiger partial charge in [0.1, 0.15) is 16.7 Å². The number of halogens is 1. The molecular formula is C20H23ClN2O2S. The molecule has 0 bridgehead atoms. The van der Waals surface area contributed by atoms with E-state index in [9.17, 15) is 8.76 Å². The van der Waals surface area contributed by atoms with Crippen molar-refractivity contribution in [3.8, 4) is 0 Å². The highest BCUT2D eigenvalue weighted by molar-refractivity contribution is 7.98. The van der Waals surface area contributed by atoms with Crippen molar-refractivity contribution in [3.05, 3.63) is 64.7 Å². The summed E-state index contributed by atoms with van der Waals surface area (Å²) in [5, 5.41) is 0.749. The van der Waals surface area contributed by atoms with E-state index >= 15 is 0 Å². The van der Waals surface area contributed by atoms with Crippen LogP contribution < -0.4 is 4.31 Å². The molecule has 2 aromatic carbocycles. The van der Waals surface area contributed by atoms with Gasteiger partial charge in [0.25, 0.3) is 0 Å². The number of hydrogen-bond donors (Lipinski definition) is 0. The molecular weight excluding hydrogens is 368 g/mol. The van der Waals surface area contributed by atoms with Crippen LogP contribution >= 0.6 is 11.6 Å². The lowest BCUT2D eigenvalue weighted by molar-refractivity contribution is 0.250. The fraction of sp³-hybridized carbons (Fsp3) is 0.400. The first kappa shape index (κ1) is 18.0. The Labute approximate surface area is 161 Å². The van der Waals surface area contributed by atoms with E-state index in [2.05, 4.69) is 23.1 Å². The van der Waals surface area contributed by atoms with Crippen LogP contribution in [0.2, 0.25) is 5.02 Å². The fourth-order valence-electron chi connectivity index (χ4n) is 4.33. The molecule has 4 rings (SSSR count). The largest absolute Gasteiger partial charge is 0.593 e. The van der Waals surface area contributed by atoms with Crippen molar-refractivity contribution < 1.29 is 8.76 Å². The highest BCUT2D eigenvalue weighted by Gasteiger charge is 2.46. The maximum absolute atomic E-state index is 12.4. The lowest BCUT2D eigenvalue weighted by Gasteiger charge is -2.42. The summed E-state index contributed by atoms with van der Waals surface area (Å²) in [6.07, 6.45) is 3.26. The third-order valence-corrected chi connectivity index (χ3v) is 6.92. The first-order valence-electron chi connectivity index (χ1n) is 8.87. The van der Waals surface area contributed by atoms with Crippen molar-refractivity contribution in [1.29, 1.82) is 0 Å². The van der Waals surface area contributed by atoms with Gasteiger partial charge < -0.3 is 4.55 Å². The number of anilines is 1. The Morgan fingerprint density at radius 1 is 1.15 bits per heavy atom. The monoisotopic (exact) mass is 390 g/mol. The molecule has 2 unspecified atom stereocenters. The molecule has 4 nitrogen and oxygen atoms in total. The Kier molecular flexibility index (Phi) is 4.59. The van der Waals surface area contributed by atoms with Crippen molar-refractivity contribution in [2.75, 3.05) is 30.2 Å². The molecule has 2 aromatic rings. The van der Waals surface area contributed by atoms with Crippen molar-refractivity contribution >= 4 is 27.7 Å². The lowest BCUT2D eigenvalue weighted by atomic mass is 9.78. The van der Waals surface area contributed by atoms with Gasteiger partial charge in [-0.25, -0.2) is 0 Å². The Hall–Kier alpha value is -1.40. The van der Waals surface area contributed by atoms with Gasteiger partial charge in [0, 0.05) is 23.5 Å². The minimum absolute atomic E-state index is 0.0101. The minimum atomic E-state index is -3.28.